The van der Waals surface area contributed by atoms with Gasteiger partial charge in [-0.15, -0.1) is 10.2 Å². The smallest absolute Gasteiger partial charge is 0.237 e. The van der Waals surface area contributed by atoms with Crippen molar-refractivity contribution in [1.29, 1.82) is 0 Å². The van der Waals surface area contributed by atoms with E-state index in [4.69, 9.17) is 18.7 Å². The fraction of sp³-hybridized carbons (Fsp3) is 0.182. The number of hydrogen-bond acceptors (Lipinski definition) is 9. The normalized spacial score (nSPS) is 10.7. The van der Waals surface area contributed by atoms with Crippen molar-refractivity contribution in [2.24, 2.45) is 0 Å². The Bertz CT molecular complexity index is 1120. The Morgan fingerprint density at radius 1 is 0.839 bits per heavy atom. The molecule has 0 aliphatic heterocycles. The summed E-state index contributed by atoms with van der Waals surface area (Å²) < 4.78 is 21.5. The van der Waals surface area contributed by atoms with Gasteiger partial charge in [-0.3, -0.25) is 0 Å². The predicted molar refractivity (Wildman–Crippen MR) is 116 cm³/mol. The van der Waals surface area contributed by atoms with Gasteiger partial charge in [0, 0.05) is 11.1 Å². The van der Waals surface area contributed by atoms with Crippen LogP contribution in [0.5, 0.6) is 17.2 Å². The van der Waals surface area contributed by atoms with Gasteiger partial charge in [0.1, 0.15) is 5.03 Å². The minimum Gasteiger partial charge on any atom is -0.493 e. The molecule has 0 aliphatic carbocycles. The molecule has 0 N–H and O–H groups in total. The molecule has 4 aromatic rings. The molecular weight excluding hydrogens is 416 g/mol. The van der Waals surface area contributed by atoms with E-state index in [-0.39, 0.29) is 0 Å². The average Bonchev–Trinajstić information content (AvgIpc) is 3.31. The maximum atomic E-state index is 5.39. The van der Waals surface area contributed by atoms with Crippen molar-refractivity contribution in [2.75, 3.05) is 21.3 Å². The molecule has 2 aromatic carbocycles. The molecule has 0 fully saturated rings. The van der Waals surface area contributed by atoms with E-state index >= 15 is 0 Å². The first-order chi connectivity index (χ1) is 15.2. The molecule has 0 aliphatic rings. The summed E-state index contributed by atoms with van der Waals surface area (Å²) in [6.45, 7) is 0. The van der Waals surface area contributed by atoms with Crippen LogP contribution in [0.2, 0.25) is 0 Å². The summed E-state index contributed by atoms with van der Waals surface area (Å²) in [5, 5.41) is 13.4. The van der Waals surface area contributed by atoms with E-state index in [1.807, 2.05) is 42.5 Å². The Hall–Kier alpha value is -3.59. The van der Waals surface area contributed by atoms with Gasteiger partial charge in [-0.25, -0.2) is 0 Å². The average molecular weight is 436 g/mol. The lowest BCUT2D eigenvalue weighted by atomic mass is 10.1. The largest absolute Gasteiger partial charge is 0.493 e. The highest BCUT2D eigenvalue weighted by molar-refractivity contribution is 7.98. The maximum Gasteiger partial charge on any atom is 0.237 e. The Balaban J connectivity index is 1.46. The number of thioether (sulfide) groups is 1. The Morgan fingerprint density at radius 3 is 2.19 bits per heavy atom. The first-order valence-electron chi connectivity index (χ1n) is 9.36. The molecule has 31 heavy (non-hydrogen) atoms. The summed E-state index contributed by atoms with van der Waals surface area (Å²) in [6.07, 6.45) is 0. The Kier molecular flexibility index (Phi) is 6.32. The summed E-state index contributed by atoms with van der Waals surface area (Å²) in [6, 6.07) is 17.3. The monoisotopic (exact) mass is 436 g/mol. The Labute approximate surface area is 183 Å². The van der Waals surface area contributed by atoms with E-state index in [2.05, 4.69) is 20.3 Å². The molecule has 0 bridgehead atoms. The van der Waals surface area contributed by atoms with Gasteiger partial charge in [0.05, 0.1) is 32.8 Å². The van der Waals surface area contributed by atoms with Crippen molar-refractivity contribution < 1.29 is 18.7 Å². The second kappa shape index (κ2) is 9.48. The zero-order valence-corrected chi connectivity index (χ0v) is 18.0. The first kappa shape index (κ1) is 20.7. The number of hydrogen-bond donors (Lipinski definition) is 0. The van der Waals surface area contributed by atoms with Crippen LogP contribution >= 0.6 is 11.8 Å². The lowest BCUT2D eigenvalue weighted by molar-refractivity contribution is 0.324. The van der Waals surface area contributed by atoms with Crippen molar-refractivity contribution in [1.82, 2.24) is 20.3 Å². The summed E-state index contributed by atoms with van der Waals surface area (Å²) in [5.41, 5.74) is 2.55. The van der Waals surface area contributed by atoms with Gasteiger partial charge in [0.25, 0.3) is 0 Å². The minimum absolute atomic E-state index is 0.431. The summed E-state index contributed by atoms with van der Waals surface area (Å²) >= 11 is 1.47. The molecule has 158 valence electrons. The van der Waals surface area contributed by atoms with Crippen LogP contribution in [-0.2, 0) is 5.75 Å². The molecule has 0 atom stereocenters. The summed E-state index contributed by atoms with van der Waals surface area (Å²) in [7, 11) is 4.67. The van der Waals surface area contributed by atoms with Gasteiger partial charge >= 0.3 is 0 Å². The van der Waals surface area contributed by atoms with Crippen LogP contribution in [0.1, 0.15) is 5.89 Å². The van der Waals surface area contributed by atoms with Crippen molar-refractivity contribution in [3.05, 3.63) is 60.5 Å². The third-order valence-electron chi connectivity index (χ3n) is 4.44. The zero-order valence-electron chi connectivity index (χ0n) is 17.2. The highest BCUT2D eigenvalue weighted by atomic mass is 32.2. The van der Waals surface area contributed by atoms with Crippen LogP contribution in [0.3, 0.4) is 0 Å². The molecule has 0 saturated heterocycles. The molecule has 8 nitrogen and oxygen atoms in total. The molecule has 0 unspecified atom stereocenters. The topological polar surface area (TPSA) is 92.4 Å². The van der Waals surface area contributed by atoms with Gasteiger partial charge in [-0.05, 0) is 24.3 Å². The van der Waals surface area contributed by atoms with E-state index in [0.29, 0.717) is 40.3 Å². The maximum absolute atomic E-state index is 5.39. The van der Waals surface area contributed by atoms with E-state index < -0.39 is 0 Å². The quantitative estimate of drug-likeness (QED) is 0.370. The number of benzene rings is 2. The lowest BCUT2D eigenvalue weighted by Gasteiger charge is -2.12. The zero-order chi connectivity index (χ0) is 21.6. The third-order valence-corrected chi connectivity index (χ3v) is 5.35. The first-order valence-corrected chi connectivity index (χ1v) is 10.3. The van der Waals surface area contributed by atoms with E-state index in [1.54, 1.807) is 33.5 Å². The number of aromatic nitrogens is 4. The van der Waals surface area contributed by atoms with Crippen molar-refractivity contribution >= 4 is 11.8 Å². The molecule has 0 spiro atoms. The molecule has 0 radical (unpaired) electrons. The van der Waals surface area contributed by atoms with Crippen LogP contribution in [0.25, 0.3) is 22.6 Å². The van der Waals surface area contributed by atoms with Crippen LogP contribution in [0.4, 0.5) is 0 Å². The molecule has 4 rings (SSSR count). The van der Waals surface area contributed by atoms with Crippen LogP contribution in [-0.4, -0.2) is 41.7 Å². The van der Waals surface area contributed by atoms with Crippen molar-refractivity contribution in [3.63, 3.8) is 0 Å². The van der Waals surface area contributed by atoms with Crippen molar-refractivity contribution in [3.8, 4) is 39.9 Å². The highest BCUT2D eigenvalue weighted by Crippen LogP contribution is 2.40. The van der Waals surface area contributed by atoms with Gasteiger partial charge < -0.3 is 18.7 Å². The van der Waals surface area contributed by atoms with Gasteiger partial charge in [-0.2, -0.15) is 4.98 Å². The lowest BCUT2D eigenvalue weighted by Crippen LogP contribution is -1.96. The summed E-state index contributed by atoms with van der Waals surface area (Å²) in [5.74, 6) is 2.92. The van der Waals surface area contributed by atoms with Crippen molar-refractivity contribution in [2.45, 2.75) is 10.8 Å². The Morgan fingerprint density at radius 2 is 1.58 bits per heavy atom. The fourth-order valence-corrected chi connectivity index (χ4v) is 3.59. The van der Waals surface area contributed by atoms with Gasteiger partial charge in [-0.1, -0.05) is 47.3 Å². The van der Waals surface area contributed by atoms with E-state index in [9.17, 15) is 0 Å². The molecular formula is C22H20N4O4S. The van der Waals surface area contributed by atoms with E-state index in [0.717, 1.165) is 16.3 Å². The molecule has 0 saturated carbocycles. The predicted octanol–water partition coefficient (Wildman–Crippen LogP) is 4.51. The second-order valence-corrected chi connectivity index (χ2v) is 7.33. The molecule has 2 heterocycles. The number of rotatable bonds is 8. The highest BCUT2D eigenvalue weighted by Gasteiger charge is 2.17. The second-order valence-electron chi connectivity index (χ2n) is 6.34. The standard InChI is InChI=1S/C22H20N4O4S/c1-27-17-11-15(12-18(28-2)21(17)29-3)22-23-19(30-26-22)13-31-20-10-9-16(24-25-20)14-7-5-4-6-8-14/h4-12H,13H2,1-3H3. The molecule has 2 aromatic heterocycles. The molecule has 9 heteroatoms. The van der Waals surface area contributed by atoms with Crippen LogP contribution in [0.15, 0.2) is 64.1 Å². The SMILES string of the molecule is COc1cc(-c2noc(CSc3ccc(-c4ccccc4)nn3)n2)cc(OC)c1OC. The number of methoxy groups -OCH3 is 3. The molecule has 0 amide bonds. The third kappa shape index (κ3) is 4.61. The summed E-state index contributed by atoms with van der Waals surface area (Å²) in [4.78, 5) is 4.47. The number of nitrogens with zero attached hydrogens (tertiary/aromatic N) is 4. The number of ether oxygens (including phenoxy) is 3. The van der Waals surface area contributed by atoms with Gasteiger partial charge in [0.2, 0.25) is 17.5 Å². The van der Waals surface area contributed by atoms with Crippen LogP contribution < -0.4 is 14.2 Å². The minimum atomic E-state index is 0.431. The fourth-order valence-electron chi connectivity index (χ4n) is 2.94. The van der Waals surface area contributed by atoms with Crippen LogP contribution in [0, 0.1) is 0 Å². The van der Waals surface area contributed by atoms with E-state index in [1.165, 1.54) is 11.8 Å². The van der Waals surface area contributed by atoms with Gasteiger partial charge in [0.15, 0.2) is 11.5 Å².